The average Bonchev–Trinajstić information content (AvgIpc) is 2.96. The third kappa shape index (κ3) is 2.82. The summed E-state index contributed by atoms with van der Waals surface area (Å²) in [7, 11) is 1.64. The molecule has 0 aliphatic carbocycles. The normalized spacial score (nSPS) is 10.7. The maximum absolute atomic E-state index is 12.4. The molecular weight excluding hydrogens is 262 g/mol. The number of fused-ring (bicyclic) bond motifs is 1. The third-order valence-electron chi connectivity index (χ3n) is 3.64. The summed E-state index contributed by atoms with van der Waals surface area (Å²) in [6, 6.07) is 17.8. The van der Waals surface area contributed by atoms with Crippen molar-refractivity contribution in [1.82, 2.24) is 4.57 Å². The fourth-order valence-corrected chi connectivity index (χ4v) is 2.48. The van der Waals surface area contributed by atoms with Crippen LogP contribution < -0.4 is 4.74 Å². The summed E-state index contributed by atoms with van der Waals surface area (Å²) < 4.78 is 6.92. The molecule has 0 saturated heterocycles. The lowest BCUT2D eigenvalue weighted by Gasteiger charge is -2.05. The zero-order chi connectivity index (χ0) is 14.7. The number of aryl methyl sites for hydroxylation is 1. The molecule has 2 aromatic carbocycles. The van der Waals surface area contributed by atoms with Crippen LogP contribution in [0.2, 0.25) is 0 Å². The van der Waals surface area contributed by atoms with Crippen LogP contribution in [0.4, 0.5) is 0 Å². The minimum absolute atomic E-state index is 0.110. The molecule has 21 heavy (non-hydrogen) atoms. The first-order valence-corrected chi connectivity index (χ1v) is 7.00. The molecule has 106 valence electrons. The van der Waals surface area contributed by atoms with Crippen LogP contribution in [0, 0.1) is 0 Å². The molecule has 0 unspecified atom stereocenters. The van der Waals surface area contributed by atoms with Crippen LogP contribution in [0.5, 0.6) is 5.75 Å². The minimum Gasteiger partial charge on any atom is -0.497 e. The highest BCUT2D eigenvalue weighted by Gasteiger charge is 2.09. The monoisotopic (exact) mass is 279 g/mol. The number of methoxy groups -OCH3 is 1. The van der Waals surface area contributed by atoms with Gasteiger partial charge in [0.15, 0.2) is 0 Å². The Kier molecular flexibility index (Phi) is 3.73. The van der Waals surface area contributed by atoms with Gasteiger partial charge >= 0.3 is 0 Å². The molecule has 0 aliphatic rings. The van der Waals surface area contributed by atoms with Crippen molar-refractivity contribution in [3.05, 3.63) is 66.4 Å². The first-order valence-electron chi connectivity index (χ1n) is 7.00. The van der Waals surface area contributed by atoms with Gasteiger partial charge in [0.05, 0.1) is 12.6 Å². The van der Waals surface area contributed by atoms with Gasteiger partial charge in [-0.05, 0) is 36.2 Å². The van der Waals surface area contributed by atoms with Crippen LogP contribution in [0.25, 0.3) is 10.9 Å². The summed E-state index contributed by atoms with van der Waals surface area (Å²) in [5, 5.41) is 1.02. The van der Waals surface area contributed by atoms with Gasteiger partial charge < -0.3 is 4.74 Å². The number of aromatic nitrogens is 1. The molecule has 1 aromatic heterocycles. The van der Waals surface area contributed by atoms with Crippen molar-refractivity contribution in [3.8, 4) is 5.75 Å². The molecule has 0 saturated carbocycles. The highest BCUT2D eigenvalue weighted by atomic mass is 16.5. The molecule has 0 atom stereocenters. The molecule has 0 spiro atoms. The highest BCUT2D eigenvalue weighted by molar-refractivity contribution is 5.93. The molecule has 3 rings (SSSR count). The lowest BCUT2D eigenvalue weighted by atomic mass is 10.1. The van der Waals surface area contributed by atoms with E-state index in [1.54, 1.807) is 11.7 Å². The zero-order valence-electron chi connectivity index (χ0n) is 12.0. The Labute approximate surface area is 123 Å². The van der Waals surface area contributed by atoms with Crippen molar-refractivity contribution in [1.29, 1.82) is 0 Å². The fraction of sp³-hybridized carbons (Fsp3) is 0.167. The number of hydrogen-bond acceptors (Lipinski definition) is 2. The summed E-state index contributed by atoms with van der Waals surface area (Å²) in [6.45, 7) is 0. The van der Waals surface area contributed by atoms with Crippen LogP contribution in [0.1, 0.15) is 16.8 Å². The third-order valence-corrected chi connectivity index (χ3v) is 3.64. The van der Waals surface area contributed by atoms with Gasteiger partial charge in [0.2, 0.25) is 5.91 Å². The predicted molar refractivity (Wildman–Crippen MR) is 83.9 cm³/mol. The summed E-state index contributed by atoms with van der Waals surface area (Å²) in [4.78, 5) is 12.4. The molecule has 1 heterocycles. The van der Waals surface area contributed by atoms with Crippen molar-refractivity contribution in [2.75, 3.05) is 7.11 Å². The Morgan fingerprint density at radius 2 is 1.90 bits per heavy atom. The summed E-state index contributed by atoms with van der Waals surface area (Å²) in [5.74, 6) is 0.913. The average molecular weight is 279 g/mol. The van der Waals surface area contributed by atoms with Gasteiger partial charge in [0, 0.05) is 18.0 Å². The number of carbonyl (C=O) groups is 1. The summed E-state index contributed by atoms with van der Waals surface area (Å²) >= 11 is 0. The number of rotatable bonds is 4. The molecule has 3 nitrogen and oxygen atoms in total. The smallest absolute Gasteiger partial charge is 0.231 e. The van der Waals surface area contributed by atoms with E-state index in [9.17, 15) is 4.79 Å². The molecule has 3 aromatic rings. The second-order valence-corrected chi connectivity index (χ2v) is 4.99. The topological polar surface area (TPSA) is 31.2 Å². The summed E-state index contributed by atoms with van der Waals surface area (Å²) in [6.07, 6.45) is 3.09. The van der Waals surface area contributed by atoms with Crippen molar-refractivity contribution in [2.24, 2.45) is 0 Å². The van der Waals surface area contributed by atoms with Crippen LogP contribution in [0.3, 0.4) is 0 Å². The molecule has 3 heteroatoms. The molecule has 0 amide bonds. The van der Waals surface area contributed by atoms with Crippen molar-refractivity contribution < 1.29 is 9.53 Å². The number of hydrogen-bond donors (Lipinski definition) is 0. The van der Waals surface area contributed by atoms with Gasteiger partial charge in [-0.25, -0.2) is 0 Å². The largest absolute Gasteiger partial charge is 0.497 e. The highest BCUT2D eigenvalue weighted by Crippen LogP contribution is 2.22. The van der Waals surface area contributed by atoms with Gasteiger partial charge in [0.1, 0.15) is 5.75 Å². The fourth-order valence-electron chi connectivity index (χ4n) is 2.48. The number of ether oxygens (including phenoxy) is 1. The summed E-state index contributed by atoms with van der Waals surface area (Å²) in [5.41, 5.74) is 2.11. The second kappa shape index (κ2) is 5.83. The molecular formula is C18H17NO2. The van der Waals surface area contributed by atoms with Crippen molar-refractivity contribution in [2.45, 2.75) is 12.8 Å². The van der Waals surface area contributed by atoms with Gasteiger partial charge in [-0.15, -0.1) is 0 Å². The van der Waals surface area contributed by atoms with E-state index in [0.717, 1.165) is 23.1 Å². The first-order chi connectivity index (χ1) is 10.3. The lowest BCUT2D eigenvalue weighted by molar-refractivity contribution is 0.0908. The Balaban J connectivity index is 1.78. The molecule has 0 bridgehead atoms. The van der Waals surface area contributed by atoms with E-state index in [-0.39, 0.29) is 5.91 Å². The van der Waals surface area contributed by atoms with Crippen LogP contribution in [-0.2, 0) is 6.42 Å². The Morgan fingerprint density at radius 3 is 2.67 bits per heavy atom. The Morgan fingerprint density at radius 1 is 1.10 bits per heavy atom. The Bertz CT molecular complexity index is 759. The van der Waals surface area contributed by atoms with Crippen molar-refractivity contribution in [3.63, 3.8) is 0 Å². The molecule has 0 fully saturated rings. The SMILES string of the molecule is COc1ccc2c(ccn2C(=O)CCc2ccccc2)c1. The van der Waals surface area contributed by atoms with E-state index in [4.69, 9.17) is 4.74 Å². The molecule has 0 radical (unpaired) electrons. The van der Waals surface area contributed by atoms with Crippen LogP contribution in [-0.4, -0.2) is 17.6 Å². The zero-order valence-corrected chi connectivity index (χ0v) is 12.0. The minimum atomic E-state index is 0.110. The number of carbonyl (C=O) groups excluding carboxylic acids is 1. The van der Waals surface area contributed by atoms with E-state index in [0.29, 0.717) is 6.42 Å². The van der Waals surface area contributed by atoms with Crippen LogP contribution in [0.15, 0.2) is 60.8 Å². The number of benzene rings is 2. The van der Waals surface area contributed by atoms with Gasteiger partial charge in [-0.1, -0.05) is 30.3 Å². The second-order valence-electron chi connectivity index (χ2n) is 4.99. The number of nitrogens with zero attached hydrogens (tertiary/aromatic N) is 1. The van der Waals surface area contributed by atoms with Crippen LogP contribution >= 0.6 is 0 Å². The quantitative estimate of drug-likeness (QED) is 0.724. The van der Waals surface area contributed by atoms with E-state index in [1.807, 2.05) is 60.8 Å². The van der Waals surface area contributed by atoms with E-state index >= 15 is 0 Å². The maximum atomic E-state index is 12.4. The lowest BCUT2D eigenvalue weighted by Crippen LogP contribution is -2.10. The van der Waals surface area contributed by atoms with Crippen molar-refractivity contribution >= 4 is 16.8 Å². The maximum Gasteiger partial charge on any atom is 0.231 e. The standard InChI is InChI=1S/C18H17NO2/c1-21-16-8-9-17-15(13-16)11-12-19(17)18(20)10-7-14-5-3-2-4-6-14/h2-6,8-9,11-13H,7,10H2,1H3. The van der Waals surface area contributed by atoms with E-state index in [2.05, 4.69) is 0 Å². The molecule has 0 N–H and O–H groups in total. The van der Waals surface area contributed by atoms with Gasteiger partial charge in [0.25, 0.3) is 0 Å². The predicted octanol–water partition coefficient (Wildman–Crippen LogP) is 3.92. The Hall–Kier alpha value is -2.55. The first kappa shape index (κ1) is 13.4. The van der Waals surface area contributed by atoms with E-state index in [1.165, 1.54) is 5.56 Å². The van der Waals surface area contributed by atoms with E-state index < -0.39 is 0 Å². The van der Waals surface area contributed by atoms with Gasteiger partial charge in [-0.2, -0.15) is 0 Å². The van der Waals surface area contributed by atoms with Gasteiger partial charge in [-0.3, -0.25) is 9.36 Å². The molecule has 0 aliphatic heterocycles.